The number of rotatable bonds is 13. The molecular weight excluding hydrogens is 344 g/mol. The Morgan fingerprint density at radius 1 is 1.15 bits per heavy atom. The first-order valence-corrected chi connectivity index (χ1v) is 9.93. The first kappa shape index (κ1) is 23.0. The molecule has 1 rings (SSSR count). The summed E-state index contributed by atoms with van der Waals surface area (Å²) >= 11 is 0. The number of urea groups is 1. The van der Waals surface area contributed by atoms with Crippen LogP contribution in [0.3, 0.4) is 0 Å². The van der Waals surface area contributed by atoms with Crippen molar-refractivity contribution in [1.82, 2.24) is 19.7 Å². The summed E-state index contributed by atoms with van der Waals surface area (Å²) in [5.74, 6) is -0.0602. The molecule has 0 unspecified atom stereocenters. The molecule has 0 saturated carbocycles. The standard InChI is InChI=1S/C20H36N4O3/c1-5-7-11-21-20(26)24(13-8-6-2)17-19(25)23(14-15-27-4)16-18-10-9-12-22(18)3/h9-10,12H,5-8,11,13-17H2,1-4H3,(H,21,26). The zero-order valence-corrected chi connectivity index (χ0v) is 17.4. The van der Waals surface area contributed by atoms with Crippen molar-refractivity contribution in [1.29, 1.82) is 0 Å². The highest BCUT2D eigenvalue weighted by atomic mass is 16.5. The number of ether oxygens (including phenoxy) is 1. The van der Waals surface area contributed by atoms with Crippen LogP contribution >= 0.6 is 0 Å². The van der Waals surface area contributed by atoms with Crippen molar-refractivity contribution in [2.24, 2.45) is 7.05 Å². The van der Waals surface area contributed by atoms with Gasteiger partial charge in [0.25, 0.3) is 0 Å². The summed E-state index contributed by atoms with van der Waals surface area (Å²) in [5.41, 5.74) is 1.05. The third kappa shape index (κ3) is 8.47. The van der Waals surface area contributed by atoms with Crippen LogP contribution in [0.25, 0.3) is 0 Å². The maximum atomic E-state index is 12.9. The monoisotopic (exact) mass is 380 g/mol. The molecule has 0 aromatic carbocycles. The molecule has 0 aliphatic rings. The van der Waals surface area contributed by atoms with E-state index in [2.05, 4.69) is 19.2 Å². The van der Waals surface area contributed by atoms with E-state index in [0.717, 1.165) is 31.4 Å². The molecule has 7 nitrogen and oxygen atoms in total. The normalized spacial score (nSPS) is 10.7. The molecule has 7 heteroatoms. The summed E-state index contributed by atoms with van der Waals surface area (Å²) < 4.78 is 7.16. The number of aryl methyl sites for hydroxylation is 1. The van der Waals surface area contributed by atoms with Crippen LogP contribution in [-0.4, -0.2) is 66.2 Å². The van der Waals surface area contributed by atoms with Gasteiger partial charge in [0.15, 0.2) is 0 Å². The Hall–Kier alpha value is -2.02. The summed E-state index contributed by atoms with van der Waals surface area (Å²) in [5, 5.41) is 2.92. The van der Waals surface area contributed by atoms with E-state index in [1.54, 1.807) is 16.9 Å². The Morgan fingerprint density at radius 2 is 1.89 bits per heavy atom. The Balaban J connectivity index is 2.76. The minimum Gasteiger partial charge on any atom is -0.383 e. The van der Waals surface area contributed by atoms with Gasteiger partial charge < -0.3 is 24.4 Å². The fourth-order valence-electron chi connectivity index (χ4n) is 2.70. The fourth-order valence-corrected chi connectivity index (χ4v) is 2.70. The highest BCUT2D eigenvalue weighted by molar-refractivity contribution is 5.84. The van der Waals surface area contributed by atoms with E-state index in [9.17, 15) is 9.59 Å². The van der Waals surface area contributed by atoms with Crippen LogP contribution in [0.5, 0.6) is 0 Å². The lowest BCUT2D eigenvalue weighted by atomic mass is 10.3. The van der Waals surface area contributed by atoms with Crippen molar-refractivity contribution in [3.63, 3.8) is 0 Å². The van der Waals surface area contributed by atoms with Gasteiger partial charge in [-0.05, 0) is 25.0 Å². The number of hydrogen-bond donors (Lipinski definition) is 1. The molecule has 0 atom stereocenters. The van der Waals surface area contributed by atoms with Crippen LogP contribution in [0.4, 0.5) is 4.79 Å². The molecule has 154 valence electrons. The molecule has 0 saturated heterocycles. The number of methoxy groups -OCH3 is 1. The second kappa shape index (κ2) is 13.2. The van der Waals surface area contributed by atoms with Gasteiger partial charge in [-0.3, -0.25) is 4.79 Å². The van der Waals surface area contributed by atoms with Crippen molar-refractivity contribution in [3.05, 3.63) is 24.0 Å². The molecule has 1 aromatic rings. The lowest BCUT2D eigenvalue weighted by molar-refractivity contribution is -0.133. The van der Waals surface area contributed by atoms with Gasteiger partial charge in [0.05, 0.1) is 13.2 Å². The first-order chi connectivity index (χ1) is 13.0. The summed E-state index contributed by atoms with van der Waals surface area (Å²) in [4.78, 5) is 28.8. The van der Waals surface area contributed by atoms with E-state index in [0.29, 0.717) is 32.8 Å². The number of unbranched alkanes of at least 4 members (excludes halogenated alkanes) is 2. The fraction of sp³-hybridized carbons (Fsp3) is 0.700. The number of aromatic nitrogens is 1. The predicted octanol–water partition coefficient (Wildman–Crippen LogP) is 2.61. The van der Waals surface area contributed by atoms with E-state index < -0.39 is 0 Å². The smallest absolute Gasteiger partial charge is 0.317 e. The molecule has 0 radical (unpaired) electrons. The minimum atomic E-state index is -0.157. The summed E-state index contributed by atoms with van der Waals surface area (Å²) in [6.45, 7) is 6.95. The maximum absolute atomic E-state index is 12.9. The Bertz CT molecular complexity index is 559. The molecule has 0 aliphatic heterocycles. The van der Waals surface area contributed by atoms with Gasteiger partial charge in [0, 0.05) is 45.7 Å². The number of nitrogens with zero attached hydrogens (tertiary/aromatic N) is 3. The van der Waals surface area contributed by atoms with E-state index in [-0.39, 0.29) is 18.5 Å². The Labute approximate surface area is 163 Å². The molecular formula is C20H36N4O3. The summed E-state index contributed by atoms with van der Waals surface area (Å²) in [7, 11) is 3.59. The van der Waals surface area contributed by atoms with Crippen molar-refractivity contribution in [2.45, 2.75) is 46.1 Å². The molecule has 0 bridgehead atoms. The van der Waals surface area contributed by atoms with Crippen molar-refractivity contribution < 1.29 is 14.3 Å². The van der Waals surface area contributed by atoms with Crippen molar-refractivity contribution in [3.8, 4) is 0 Å². The third-order valence-corrected chi connectivity index (χ3v) is 4.52. The van der Waals surface area contributed by atoms with Gasteiger partial charge in [-0.1, -0.05) is 26.7 Å². The molecule has 1 aromatic heterocycles. The maximum Gasteiger partial charge on any atom is 0.317 e. The number of hydrogen-bond acceptors (Lipinski definition) is 3. The number of carbonyl (C=O) groups excluding carboxylic acids is 2. The van der Waals surface area contributed by atoms with Gasteiger partial charge >= 0.3 is 6.03 Å². The second-order valence-corrected chi connectivity index (χ2v) is 6.78. The topological polar surface area (TPSA) is 66.8 Å². The molecule has 0 aliphatic carbocycles. The van der Waals surface area contributed by atoms with Crippen LogP contribution in [0.2, 0.25) is 0 Å². The van der Waals surface area contributed by atoms with Crippen LogP contribution in [-0.2, 0) is 23.1 Å². The average molecular weight is 381 g/mol. The zero-order chi connectivity index (χ0) is 20.1. The van der Waals surface area contributed by atoms with E-state index >= 15 is 0 Å². The third-order valence-electron chi connectivity index (χ3n) is 4.52. The van der Waals surface area contributed by atoms with E-state index in [4.69, 9.17) is 4.74 Å². The predicted molar refractivity (Wildman–Crippen MR) is 107 cm³/mol. The molecule has 1 N–H and O–H groups in total. The van der Waals surface area contributed by atoms with Gasteiger partial charge in [0.1, 0.15) is 6.54 Å². The first-order valence-electron chi connectivity index (χ1n) is 9.93. The Morgan fingerprint density at radius 3 is 2.48 bits per heavy atom. The lowest BCUT2D eigenvalue weighted by Gasteiger charge is -2.28. The Kier molecular flexibility index (Phi) is 11.2. The van der Waals surface area contributed by atoms with Crippen LogP contribution in [0.1, 0.15) is 45.2 Å². The van der Waals surface area contributed by atoms with Gasteiger partial charge in [0.2, 0.25) is 5.91 Å². The number of carbonyl (C=O) groups is 2. The number of amides is 3. The summed E-state index contributed by atoms with van der Waals surface area (Å²) in [6.07, 6.45) is 5.78. The van der Waals surface area contributed by atoms with Crippen molar-refractivity contribution in [2.75, 3.05) is 39.9 Å². The molecule has 0 spiro atoms. The van der Waals surface area contributed by atoms with Crippen molar-refractivity contribution >= 4 is 11.9 Å². The molecule has 3 amide bonds. The largest absolute Gasteiger partial charge is 0.383 e. The van der Waals surface area contributed by atoms with Gasteiger partial charge in [-0.2, -0.15) is 0 Å². The number of nitrogens with one attached hydrogen (secondary N) is 1. The second-order valence-electron chi connectivity index (χ2n) is 6.78. The highest BCUT2D eigenvalue weighted by Crippen LogP contribution is 2.07. The quantitative estimate of drug-likeness (QED) is 0.535. The van der Waals surface area contributed by atoms with E-state index in [1.165, 1.54) is 0 Å². The highest BCUT2D eigenvalue weighted by Gasteiger charge is 2.21. The molecule has 27 heavy (non-hydrogen) atoms. The SMILES string of the molecule is CCCCNC(=O)N(CCCC)CC(=O)N(CCOC)Cc1cccn1C. The molecule has 0 fully saturated rings. The van der Waals surface area contributed by atoms with Crippen LogP contribution in [0.15, 0.2) is 18.3 Å². The van der Waals surface area contributed by atoms with Crippen LogP contribution < -0.4 is 5.32 Å². The average Bonchev–Trinajstić information content (AvgIpc) is 3.06. The minimum absolute atomic E-state index is 0.0602. The van der Waals surface area contributed by atoms with E-state index in [1.807, 2.05) is 29.9 Å². The van der Waals surface area contributed by atoms with Gasteiger partial charge in [-0.15, -0.1) is 0 Å². The molecule has 1 heterocycles. The van der Waals surface area contributed by atoms with Gasteiger partial charge in [-0.25, -0.2) is 4.79 Å². The van der Waals surface area contributed by atoms with Crippen LogP contribution in [0, 0.1) is 0 Å². The zero-order valence-electron chi connectivity index (χ0n) is 17.4. The lowest BCUT2D eigenvalue weighted by Crippen LogP contribution is -2.47. The summed E-state index contributed by atoms with van der Waals surface area (Å²) in [6, 6.07) is 3.80.